The highest BCUT2D eigenvalue weighted by atomic mass is 16.3. The molecule has 8 nitrogen and oxygen atoms in total. The Bertz CT molecular complexity index is 937. The summed E-state index contributed by atoms with van der Waals surface area (Å²) in [7, 11) is 1.61. The molecule has 1 amide bonds. The van der Waals surface area contributed by atoms with E-state index in [-0.39, 0.29) is 23.5 Å². The maximum absolute atomic E-state index is 11.7. The van der Waals surface area contributed by atoms with E-state index in [1.165, 1.54) is 6.20 Å². The summed E-state index contributed by atoms with van der Waals surface area (Å²) in [6, 6.07) is 9.60. The molecule has 0 bridgehead atoms. The largest absolute Gasteiger partial charge is 0.392 e. The van der Waals surface area contributed by atoms with Crippen LogP contribution in [0.4, 0.5) is 11.8 Å². The highest BCUT2D eigenvalue weighted by Crippen LogP contribution is 2.42. The van der Waals surface area contributed by atoms with E-state index in [0.29, 0.717) is 42.3 Å². The number of nitrogens with one attached hydrogen (secondary N) is 3. The Labute approximate surface area is 170 Å². The van der Waals surface area contributed by atoms with Crippen molar-refractivity contribution in [1.82, 2.24) is 15.3 Å². The van der Waals surface area contributed by atoms with E-state index in [9.17, 15) is 15.2 Å². The van der Waals surface area contributed by atoms with Crippen LogP contribution in [0.3, 0.4) is 0 Å². The number of aromatic nitrogens is 2. The van der Waals surface area contributed by atoms with Crippen LogP contribution in [0.1, 0.15) is 41.8 Å². The number of aliphatic hydroxyl groups is 1. The van der Waals surface area contributed by atoms with Gasteiger partial charge in [0, 0.05) is 30.6 Å². The first-order chi connectivity index (χ1) is 13.8. The summed E-state index contributed by atoms with van der Waals surface area (Å²) in [5.74, 6) is 0.776. The molecule has 0 saturated heterocycles. The first kappa shape index (κ1) is 20.6. The smallest absolute Gasteiger partial charge is 0.251 e. The van der Waals surface area contributed by atoms with E-state index in [0.717, 1.165) is 5.56 Å². The fourth-order valence-corrected chi connectivity index (χ4v) is 3.30. The molecule has 1 aromatic heterocycles. The second-order valence-corrected chi connectivity index (χ2v) is 7.79. The third kappa shape index (κ3) is 4.46. The van der Waals surface area contributed by atoms with Crippen molar-refractivity contribution in [3.8, 4) is 6.07 Å². The van der Waals surface area contributed by atoms with Gasteiger partial charge in [-0.15, -0.1) is 0 Å². The molecule has 1 heterocycles. The number of aliphatic hydroxyl groups excluding tert-OH is 1. The number of hydrogen-bond acceptors (Lipinski definition) is 7. The van der Waals surface area contributed by atoms with Crippen molar-refractivity contribution >= 4 is 17.7 Å². The average Bonchev–Trinajstić information content (AvgIpc) is 2.73. The number of nitrogens with zero attached hydrogens (tertiary/aromatic N) is 3. The zero-order valence-electron chi connectivity index (χ0n) is 16.9. The number of carbonyl (C=O) groups excluding carboxylic acids is 1. The van der Waals surface area contributed by atoms with Crippen LogP contribution in [0.25, 0.3) is 0 Å². The van der Waals surface area contributed by atoms with E-state index < -0.39 is 0 Å². The van der Waals surface area contributed by atoms with Crippen molar-refractivity contribution in [3.05, 3.63) is 47.2 Å². The lowest BCUT2D eigenvalue weighted by atomic mass is 9.64. The second kappa shape index (κ2) is 8.45. The molecule has 1 unspecified atom stereocenters. The number of benzene rings is 1. The van der Waals surface area contributed by atoms with Crippen molar-refractivity contribution in [2.45, 2.75) is 38.8 Å². The van der Waals surface area contributed by atoms with Gasteiger partial charge < -0.3 is 21.1 Å². The topological polar surface area (TPSA) is 123 Å². The normalized spacial score (nSPS) is 19.6. The summed E-state index contributed by atoms with van der Waals surface area (Å²) in [5.41, 5.74) is 1.74. The van der Waals surface area contributed by atoms with Gasteiger partial charge in [0.15, 0.2) is 0 Å². The maximum atomic E-state index is 11.7. The third-order valence-corrected chi connectivity index (χ3v) is 5.55. The number of carbonyl (C=O) groups is 1. The minimum absolute atomic E-state index is 0.0415. The molecule has 1 aliphatic rings. The molecule has 2 aromatic rings. The van der Waals surface area contributed by atoms with Crippen LogP contribution in [-0.4, -0.2) is 46.7 Å². The number of nitriles is 1. The van der Waals surface area contributed by atoms with E-state index in [1.54, 1.807) is 13.1 Å². The molecule has 4 N–H and O–H groups in total. The molecule has 152 valence electrons. The average molecular weight is 394 g/mol. The molecule has 0 aliphatic heterocycles. The van der Waals surface area contributed by atoms with Gasteiger partial charge in [-0.3, -0.25) is 4.79 Å². The molecule has 8 heteroatoms. The Hall–Kier alpha value is -3.18. The van der Waals surface area contributed by atoms with Crippen LogP contribution in [0.15, 0.2) is 30.5 Å². The molecule has 29 heavy (non-hydrogen) atoms. The van der Waals surface area contributed by atoms with E-state index in [1.807, 2.05) is 32.0 Å². The Balaban J connectivity index is 1.63. The first-order valence-electron chi connectivity index (χ1n) is 9.61. The summed E-state index contributed by atoms with van der Waals surface area (Å²) >= 11 is 0. The molecule has 3 rings (SSSR count). The fraction of sp³-hybridized carbons (Fsp3) is 0.429. The third-order valence-electron chi connectivity index (χ3n) is 5.55. The summed E-state index contributed by atoms with van der Waals surface area (Å²) < 4.78 is 0. The predicted octanol–water partition coefficient (Wildman–Crippen LogP) is 1.93. The molecular weight excluding hydrogens is 368 g/mol. The van der Waals surface area contributed by atoms with Crippen molar-refractivity contribution < 1.29 is 9.90 Å². The van der Waals surface area contributed by atoms with Gasteiger partial charge in [0.1, 0.15) is 17.5 Å². The summed E-state index contributed by atoms with van der Waals surface area (Å²) in [6.07, 6.45) is 2.44. The first-order valence-corrected chi connectivity index (χ1v) is 9.61. The van der Waals surface area contributed by atoms with E-state index >= 15 is 0 Å². The van der Waals surface area contributed by atoms with Crippen LogP contribution in [-0.2, 0) is 6.42 Å². The molecule has 1 aliphatic carbocycles. The number of amides is 1. The van der Waals surface area contributed by atoms with E-state index in [4.69, 9.17) is 0 Å². The number of anilines is 2. The summed E-state index contributed by atoms with van der Waals surface area (Å²) in [5, 5.41) is 28.3. The van der Waals surface area contributed by atoms with E-state index in [2.05, 4.69) is 32.0 Å². The van der Waals surface area contributed by atoms with Crippen LogP contribution in [0, 0.1) is 16.7 Å². The Morgan fingerprint density at radius 2 is 2.21 bits per heavy atom. The van der Waals surface area contributed by atoms with Gasteiger partial charge in [0.05, 0.1) is 12.3 Å². The van der Waals surface area contributed by atoms with Gasteiger partial charge in [-0.2, -0.15) is 10.2 Å². The summed E-state index contributed by atoms with van der Waals surface area (Å²) in [4.78, 5) is 20.4. The zero-order chi connectivity index (χ0) is 21.0. The lowest BCUT2D eigenvalue weighted by molar-refractivity contribution is -0.0511. The summed E-state index contributed by atoms with van der Waals surface area (Å²) in [6.45, 7) is 4.55. The molecule has 1 fully saturated rings. The molecular formula is C21H26N6O2. The van der Waals surface area contributed by atoms with Crippen LogP contribution < -0.4 is 16.0 Å². The van der Waals surface area contributed by atoms with Gasteiger partial charge in [0.25, 0.3) is 5.91 Å². The second-order valence-electron chi connectivity index (χ2n) is 7.79. The minimum Gasteiger partial charge on any atom is -0.392 e. The highest BCUT2D eigenvalue weighted by Gasteiger charge is 2.47. The van der Waals surface area contributed by atoms with Crippen LogP contribution in [0.5, 0.6) is 0 Å². The standard InChI is InChI=1S/C21H26N6O2/c1-21(2)16(10-17(21)28)26-18-15(11-22)12-25-20(27-18)24-8-7-13-5-4-6-14(9-13)19(29)23-3/h4-6,9,12,16-17,28H,7-8,10H2,1-3H3,(H,23,29)(H2,24,25,26,27)/t16?,17-/m0/s1. The number of rotatable bonds is 7. The maximum Gasteiger partial charge on any atom is 0.251 e. The van der Waals surface area contributed by atoms with Crippen molar-refractivity contribution in [2.75, 3.05) is 24.2 Å². The van der Waals surface area contributed by atoms with Crippen molar-refractivity contribution in [3.63, 3.8) is 0 Å². The van der Waals surface area contributed by atoms with Crippen LogP contribution >= 0.6 is 0 Å². The fourth-order valence-electron chi connectivity index (χ4n) is 3.30. The van der Waals surface area contributed by atoms with Gasteiger partial charge in [-0.1, -0.05) is 26.0 Å². The van der Waals surface area contributed by atoms with Crippen molar-refractivity contribution in [1.29, 1.82) is 5.26 Å². The van der Waals surface area contributed by atoms with Gasteiger partial charge in [0.2, 0.25) is 5.95 Å². The molecule has 1 aromatic carbocycles. The lowest BCUT2D eigenvalue weighted by Gasteiger charge is -2.49. The highest BCUT2D eigenvalue weighted by molar-refractivity contribution is 5.94. The van der Waals surface area contributed by atoms with Gasteiger partial charge >= 0.3 is 0 Å². The van der Waals surface area contributed by atoms with Gasteiger partial charge in [-0.25, -0.2) is 4.98 Å². The Kier molecular flexibility index (Phi) is 5.99. The lowest BCUT2D eigenvalue weighted by Crippen LogP contribution is -2.57. The molecule has 2 atom stereocenters. The minimum atomic E-state index is -0.365. The SMILES string of the molecule is CNC(=O)c1cccc(CCNc2ncc(C#N)c(NC3C[C@H](O)C3(C)C)n2)c1. The molecule has 0 radical (unpaired) electrons. The predicted molar refractivity (Wildman–Crippen MR) is 111 cm³/mol. The Morgan fingerprint density at radius 3 is 2.86 bits per heavy atom. The monoisotopic (exact) mass is 394 g/mol. The Morgan fingerprint density at radius 1 is 1.41 bits per heavy atom. The van der Waals surface area contributed by atoms with Crippen LogP contribution in [0.2, 0.25) is 0 Å². The zero-order valence-corrected chi connectivity index (χ0v) is 16.9. The van der Waals surface area contributed by atoms with Gasteiger partial charge in [-0.05, 0) is 30.5 Å². The number of hydrogen-bond donors (Lipinski definition) is 4. The van der Waals surface area contributed by atoms with Crippen molar-refractivity contribution in [2.24, 2.45) is 5.41 Å². The molecule has 1 saturated carbocycles. The quantitative estimate of drug-likeness (QED) is 0.566. The molecule has 0 spiro atoms.